The van der Waals surface area contributed by atoms with Crippen molar-refractivity contribution in [2.45, 2.75) is 13.5 Å². The molecule has 1 aromatic carbocycles. The monoisotopic (exact) mass is 360 g/mol. The fraction of sp³-hybridized carbons (Fsp3) is 0.421. The fourth-order valence-electron chi connectivity index (χ4n) is 2.89. The molecule has 2 aromatic rings. The maximum absolute atomic E-state index is 12.1. The molecule has 0 N–H and O–H groups in total. The summed E-state index contributed by atoms with van der Waals surface area (Å²) < 4.78 is 11.5. The van der Waals surface area contributed by atoms with Crippen molar-refractivity contribution in [3.8, 4) is 21.9 Å². The van der Waals surface area contributed by atoms with E-state index in [0.717, 1.165) is 22.6 Å². The van der Waals surface area contributed by atoms with Crippen LogP contribution in [0.2, 0.25) is 0 Å². The van der Waals surface area contributed by atoms with E-state index in [9.17, 15) is 4.79 Å². The van der Waals surface area contributed by atoms with Crippen molar-refractivity contribution in [3.63, 3.8) is 0 Å². The van der Waals surface area contributed by atoms with Crippen molar-refractivity contribution in [2.24, 2.45) is 0 Å². The van der Waals surface area contributed by atoms with E-state index in [2.05, 4.69) is 30.0 Å². The minimum absolute atomic E-state index is 0.0976. The zero-order chi connectivity index (χ0) is 18.0. The summed E-state index contributed by atoms with van der Waals surface area (Å²) >= 11 is 1.76. The summed E-state index contributed by atoms with van der Waals surface area (Å²) in [5.41, 5.74) is 2.18. The van der Waals surface area contributed by atoms with Crippen molar-refractivity contribution < 1.29 is 14.3 Å². The van der Waals surface area contributed by atoms with Crippen LogP contribution >= 0.6 is 11.3 Å². The smallest absolute Gasteiger partial charge is 0.236 e. The number of amides is 1. The second-order valence-corrected chi connectivity index (χ2v) is 7.71. The van der Waals surface area contributed by atoms with Crippen LogP contribution in [-0.2, 0) is 11.3 Å². The van der Waals surface area contributed by atoms with Gasteiger partial charge in [-0.1, -0.05) is 0 Å². The Morgan fingerprint density at radius 3 is 2.80 bits per heavy atom. The van der Waals surface area contributed by atoms with Gasteiger partial charge >= 0.3 is 0 Å². The molecule has 0 radical (unpaired) electrons. The minimum atomic E-state index is 0.0976. The molecule has 1 aliphatic heterocycles. The van der Waals surface area contributed by atoms with E-state index >= 15 is 0 Å². The molecular weight excluding hydrogens is 336 g/mol. The lowest BCUT2D eigenvalue weighted by Gasteiger charge is -2.21. The molecule has 0 bridgehead atoms. The zero-order valence-corrected chi connectivity index (χ0v) is 16.0. The van der Waals surface area contributed by atoms with Crippen LogP contribution in [0.25, 0.3) is 10.4 Å². The number of ether oxygens (including phenoxy) is 2. The van der Waals surface area contributed by atoms with Crippen LogP contribution in [0.1, 0.15) is 10.4 Å². The number of carbonyl (C=O) groups is 1. The average molecular weight is 360 g/mol. The van der Waals surface area contributed by atoms with Crippen molar-refractivity contribution in [1.82, 2.24) is 9.80 Å². The van der Waals surface area contributed by atoms with Gasteiger partial charge in [0.1, 0.15) is 6.61 Å². The van der Waals surface area contributed by atoms with Gasteiger partial charge in [-0.05, 0) is 36.8 Å². The molecule has 2 heterocycles. The van der Waals surface area contributed by atoms with Gasteiger partial charge in [0.25, 0.3) is 0 Å². The summed E-state index contributed by atoms with van der Waals surface area (Å²) in [6.07, 6.45) is 0. The van der Waals surface area contributed by atoms with Crippen molar-refractivity contribution >= 4 is 17.2 Å². The van der Waals surface area contributed by atoms with Crippen molar-refractivity contribution in [1.29, 1.82) is 0 Å². The molecule has 3 rings (SSSR count). The highest BCUT2D eigenvalue weighted by Gasteiger charge is 2.22. The maximum Gasteiger partial charge on any atom is 0.236 e. The van der Waals surface area contributed by atoms with Gasteiger partial charge in [-0.25, -0.2) is 0 Å². The Kier molecular flexibility index (Phi) is 5.30. The van der Waals surface area contributed by atoms with E-state index < -0.39 is 0 Å². The summed E-state index contributed by atoms with van der Waals surface area (Å²) in [5, 5.41) is 0. The Labute approximate surface area is 152 Å². The van der Waals surface area contributed by atoms with Gasteiger partial charge in [0.15, 0.2) is 11.5 Å². The van der Waals surface area contributed by atoms with Crippen LogP contribution in [0, 0.1) is 6.92 Å². The second kappa shape index (κ2) is 7.45. The number of carbonyl (C=O) groups excluding carboxylic acids is 1. The molecule has 25 heavy (non-hydrogen) atoms. The Morgan fingerprint density at radius 1 is 1.36 bits per heavy atom. The summed E-state index contributed by atoms with van der Waals surface area (Å²) in [7, 11) is 5.23. The Balaban J connectivity index is 1.94. The minimum Gasteiger partial charge on any atom is -0.493 e. The van der Waals surface area contributed by atoms with Crippen LogP contribution in [0.4, 0.5) is 0 Å². The van der Waals surface area contributed by atoms with E-state index in [1.54, 1.807) is 37.4 Å². The molecule has 0 spiro atoms. The van der Waals surface area contributed by atoms with Crippen LogP contribution in [0.5, 0.6) is 11.5 Å². The van der Waals surface area contributed by atoms with E-state index in [1.165, 1.54) is 9.75 Å². The normalized spacial score (nSPS) is 14.4. The number of aryl methyl sites for hydroxylation is 1. The third kappa shape index (κ3) is 3.96. The predicted octanol–water partition coefficient (Wildman–Crippen LogP) is 3.01. The molecule has 0 aliphatic carbocycles. The maximum atomic E-state index is 12.1. The van der Waals surface area contributed by atoms with Crippen molar-refractivity contribution in [3.05, 3.63) is 34.7 Å². The van der Waals surface area contributed by atoms with Gasteiger partial charge in [0, 0.05) is 42.5 Å². The number of nitrogens with zero attached hydrogens (tertiary/aromatic N) is 2. The molecule has 134 valence electrons. The first-order chi connectivity index (χ1) is 12.0. The fourth-order valence-corrected chi connectivity index (χ4v) is 3.74. The Hall–Kier alpha value is -2.05. The lowest BCUT2D eigenvalue weighted by molar-refractivity contribution is -0.130. The number of fused-ring (bicyclic) bond motifs is 1. The molecular formula is C19H24N2O3S. The number of thiophene rings is 1. The molecule has 6 heteroatoms. The van der Waals surface area contributed by atoms with Crippen molar-refractivity contribution in [2.75, 3.05) is 40.9 Å². The van der Waals surface area contributed by atoms with E-state index in [-0.39, 0.29) is 5.91 Å². The third-order valence-electron chi connectivity index (χ3n) is 4.28. The average Bonchev–Trinajstić information content (AvgIpc) is 2.91. The molecule has 0 fully saturated rings. The number of benzene rings is 1. The van der Waals surface area contributed by atoms with E-state index in [1.807, 2.05) is 6.07 Å². The van der Waals surface area contributed by atoms with Crippen LogP contribution in [0.3, 0.4) is 0 Å². The number of rotatable bonds is 4. The molecule has 1 amide bonds. The van der Waals surface area contributed by atoms with Gasteiger partial charge in [0.05, 0.1) is 13.7 Å². The number of hydrogen-bond donors (Lipinski definition) is 0. The summed E-state index contributed by atoms with van der Waals surface area (Å²) in [6, 6.07) is 8.44. The topological polar surface area (TPSA) is 42.0 Å². The van der Waals surface area contributed by atoms with Gasteiger partial charge in [0.2, 0.25) is 5.91 Å². The first-order valence-electron chi connectivity index (χ1n) is 8.31. The zero-order valence-electron chi connectivity index (χ0n) is 15.2. The molecule has 0 saturated heterocycles. The van der Waals surface area contributed by atoms with Crippen LogP contribution in [0.15, 0.2) is 24.3 Å². The van der Waals surface area contributed by atoms with Gasteiger partial charge in [-0.3, -0.25) is 9.69 Å². The van der Waals surface area contributed by atoms with Gasteiger partial charge in [-0.15, -0.1) is 11.3 Å². The summed E-state index contributed by atoms with van der Waals surface area (Å²) in [6.45, 7) is 4.42. The third-order valence-corrected chi connectivity index (χ3v) is 5.33. The van der Waals surface area contributed by atoms with Crippen LogP contribution < -0.4 is 9.47 Å². The van der Waals surface area contributed by atoms with Gasteiger partial charge in [-0.2, -0.15) is 0 Å². The highest BCUT2D eigenvalue weighted by atomic mass is 32.1. The summed E-state index contributed by atoms with van der Waals surface area (Å²) in [4.78, 5) is 18.3. The lowest BCUT2D eigenvalue weighted by atomic mass is 10.1. The molecule has 0 unspecified atom stereocenters. The molecule has 0 saturated carbocycles. The summed E-state index contributed by atoms with van der Waals surface area (Å²) in [5.74, 6) is 1.64. The Bertz CT molecular complexity index is 770. The van der Waals surface area contributed by atoms with Crippen LogP contribution in [-0.4, -0.2) is 56.6 Å². The van der Waals surface area contributed by atoms with E-state index in [0.29, 0.717) is 26.2 Å². The standard InChI is InChI=1S/C19H24N2O3S/c1-13-5-6-17(25-13)14-9-15-11-21(12-18(22)20(2)3)7-8-24-19(15)16(10-14)23-4/h5-6,9-10H,7-8,11-12H2,1-4H3. The highest BCUT2D eigenvalue weighted by Crippen LogP contribution is 2.39. The number of methoxy groups -OCH3 is 1. The highest BCUT2D eigenvalue weighted by molar-refractivity contribution is 7.15. The first kappa shape index (κ1) is 17.8. The largest absolute Gasteiger partial charge is 0.493 e. The number of hydrogen-bond acceptors (Lipinski definition) is 5. The second-order valence-electron chi connectivity index (χ2n) is 6.42. The number of likely N-dealkylation sites (N-methyl/N-ethyl adjacent to an activating group) is 1. The van der Waals surface area contributed by atoms with E-state index in [4.69, 9.17) is 9.47 Å². The molecule has 1 aliphatic rings. The first-order valence-corrected chi connectivity index (χ1v) is 9.12. The molecule has 5 nitrogen and oxygen atoms in total. The quantitative estimate of drug-likeness (QED) is 0.841. The molecule has 0 atom stereocenters. The van der Waals surface area contributed by atoms with Gasteiger partial charge < -0.3 is 14.4 Å². The predicted molar refractivity (Wildman–Crippen MR) is 101 cm³/mol. The molecule has 1 aromatic heterocycles. The SMILES string of the molecule is COc1cc(-c2ccc(C)s2)cc2c1OCCN(CC(=O)N(C)C)C2. The Morgan fingerprint density at radius 2 is 2.16 bits per heavy atom. The lowest BCUT2D eigenvalue weighted by Crippen LogP contribution is -2.37.